The second-order valence-corrected chi connectivity index (χ2v) is 10.2. The van der Waals surface area contributed by atoms with Crippen molar-refractivity contribution in [2.24, 2.45) is 0 Å². The number of rotatable bonds is 6. The molecule has 10 nitrogen and oxygen atoms in total. The van der Waals surface area contributed by atoms with E-state index in [0.29, 0.717) is 35.9 Å². The summed E-state index contributed by atoms with van der Waals surface area (Å²) in [6, 6.07) is 12.1. The molecule has 178 valence electrons. The summed E-state index contributed by atoms with van der Waals surface area (Å²) in [5, 5.41) is 18.1. The van der Waals surface area contributed by atoms with Gasteiger partial charge < -0.3 is 5.32 Å². The van der Waals surface area contributed by atoms with Crippen LogP contribution in [-0.4, -0.2) is 46.4 Å². The first kappa shape index (κ1) is 23.6. The SMILES string of the molecule is Cc1cc(NC(=O)c2ccc(C)c(S(=O)(=O)N3CCCCC3)c2)n(-c2ccc([N+](=O)[O-])cc2)n1. The zero-order valence-electron chi connectivity index (χ0n) is 18.9. The number of hydrogen-bond donors (Lipinski definition) is 1. The topological polar surface area (TPSA) is 127 Å². The van der Waals surface area contributed by atoms with Crippen LogP contribution in [0.15, 0.2) is 53.4 Å². The zero-order chi connectivity index (χ0) is 24.5. The van der Waals surface area contributed by atoms with E-state index in [4.69, 9.17) is 0 Å². The van der Waals surface area contributed by atoms with Crippen molar-refractivity contribution < 1.29 is 18.1 Å². The Labute approximate surface area is 197 Å². The first-order valence-electron chi connectivity index (χ1n) is 10.9. The number of nitro benzene ring substituents is 1. The molecule has 0 spiro atoms. The monoisotopic (exact) mass is 483 g/mol. The molecule has 1 aliphatic rings. The molecule has 1 saturated heterocycles. The number of amides is 1. The van der Waals surface area contributed by atoms with Gasteiger partial charge in [0.2, 0.25) is 10.0 Å². The summed E-state index contributed by atoms with van der Waals surface area (Å²) < 4.78 is 29.3. The highest BCUT2D eigenvalue weighted by Crippen LogP contribution is 2.25. The number of non-ortho nitro benzene ring substituents is 1. The Bertz CT molecular complexity index is 1340. The smallest absolute Gasteiger partial charge is 0.269 e. The fourth-order valence-electron chi connectivity index (χ4n) is 3.95. The van der Waals surface area contributed by atoms with Crippen LogP contribution in [0.4, 0.5) is 11.5 Å². The standard InChI is InChI=1S/C23H25N5O5S/c1-16-6-7-18(15-21(16)34(32,33)26-12-4-3-5-13-26)23(29)24-22-14-17(2)25-27(22)19-8-10-20(11-9-19)28(30)31/h6-11,14-15H,3-5,12-13H2,1-2H3,(H,24,29). The number of nitro groups is 1. The predicted octanol–water partition coefficient (Wildman–Crippen LogP) is 3.82. The Balaban J connectivity index is 1.62. The van der Waals surface area contributed by atoms with Gasteiger partial charge in [0.15, 0.2) is 0 Å². The molecule has 0 unspecified atom stereocenters. The second-order valence-electron chi connectivity index (χ2n) is 8.26. The van der Waals surface area contributed by atoms with Crippen LogP contribution in [0.5, 0.6) is 0 Å². The van der Waals surface area contributed by atoms with E-state index in [1.165, 1.54) is 39.3 Å². The number of benzene rings is 2. The average molecular weight is 484 g/mol. The summed E-state index contributed by atoms with van der Waals surface area (Å²) in [5.41, 5.74) is 1.89. The third kappa shape index (κ3) is 4.70. The Kier molecular flexibility index (Phi) is 6.49. The Hall–Kier alpha value is -3.57. The van der Waals surface area contributed by atoms with Crippen molar-refractivity contribution in [3.63, 3.8) is 0 Å². The van der Waals surface area contributed by atoms with Crippen LogP contribution in [0.25, 0.3) is 5.69 Å². The van der Waals surface area contributed by atoms with E-state index in [0.717, 1.165) is 19.3 Å². The lowest BCUT2D eigenvalue weighted by molar-refractivity contribution is -0.384. The van der Waals surface area contributed by atoms with E-state index in [1.54, 1.807) is 32.0 Å². The van der Waals surface area contributed by atoms with Gasteiger partial charge in [-0.25, -0.2) is 13.1 Å². The highest BCUT2D eigenvalue weighted by atomic mass is 32.2. The Morgan fingerprint density at radius 1 is 1.03 bits per heavy atom. The lowest BCUT2D eigenvalue weighted by Gasteiger charge is -2.26. The minimum atomic E-state index is -3.70. The summed E-state index contributed by atoms with van der Waals surface area (Å²) in [6.45, 7) is 4.43. The first-order valence-corrected chi connectivity index (χ1v) is 12.3. The molecule has 0 atom stereocenters. The van der Waals surface area contributed by atoms with Gasteiger partial charge in [0, 0.05) is 36.9 Å². The van der Waals surface area contributed by atoms with Gasteiger partial charge in [-0.3, -0.25) is 14.9 Å². The number of aromatic nitrogens is 2. The molecule has 0 radical (unpaired) electrons. The van der Waals surface area contributed by atoms with Gasteiger partial charge in [-0.15, -0.1) is 0 Å². The van der Waals surface area contributed by atoms with Crippen molar-refractivity contribution in [3.8, 4) is 5.69 Å². The Morgan fingerprint density at radius 2 is 1.71 bits per heavy atom. The molecule has 34 heavy (non-hydrogen) atoms. The largest absolute Gasteiger partial charge is 0.306 e. The van der Waals surface area contributed by atoms with Crippen molar-refractivity contribution >= 4 is 27.4 Å². The Morgan fingerprint density at radius 3 is 2.35 bits per heavy atom. The molecule has 3 aromatic rings. The molecule has 2 heterocycles. The maximum Gasteiger partial charge on any atom is 0.269 e. The highest BCUT2D eigenvalue weighted by molar-refractivity contribution is 7.89. The van der Waals surface area contributed by atoms with E-state index in [9.17, 15) is 23.3 Å². The second kappa shape index (κ2) is 9.35. The van der Waals surface area contributed by atoms with Crippen LogP contribution < -0.4 is 5.32 Å². The number of nitrogens with zero attached hydrogens (tertiary/aromatic N) is 4. The van der Waals surface area contributed by atoms with Crippen molar-refractivity contribution in [3.05, 3.63) is 75.5 Å². The number of hydrogen-bond acceptors (Lipinski definition) is 6. The van der Waals surface area contributed by atoms with Crippen molar-refractivity contribution in [2.45, 2.75) is 38.0 Å². The highest BCUT2D eigenvalue weighted by Gasteiger charge is 2.28. The van der Waals surface area contributed by atoms with Gasteiger partial charge in [0.05, 0.1) is 21.2 Å². The molecule has 0 saturated carbocycles. The molecule has 0 aliphatic carbocycles. The van der Waals surface area contributed by atoms with E-state index in [1.807, 2.05) is 0 Å². The number of nitrogens with one attached hydrogen (secondary N) is 1. The third-order valence-corrected chi connectivity index (χ3v) is 7.80. The number of piperidine rings is 1. The molecular formula is C23H25N5O5S. The summed E-state index contributed by atoms with van der Waals surface area (Å²) in [4.78, 5) is 23.6. The molecular weight excluding hydrogens is 458 g/mol. The van der Waals surface area contributed by atoms with Gasteiger partial charge in [0.25, 0.3) is 11.6 Å². The number of aryl methyl sites for hydroxylation is 2. The van der Waals surface area contributed by atoms with E-state index >= 15 is 0 Å². The van der Waals surface area contributed by atoms with Gasteiger partial charge in [-0.2, -0.15) is 9.40 Å². The molecule has 4 rings (SSSR count). The maximum atomic E-state index is 13.2. The van der Waals surface area contributed by atoms with Crippen LogP contribution in [-0.2, 0) is 10.0 Å². The minimum Gasteiger partial charge on any atom is -0.306 e. The quantitative estimate of drug-likeness (QED) is 0.419. The minimum absolute atomic E-state index is 0.0553. The number of carbonyl (C=O) groups excluding carboxylic acids is 1. The summed E-state index contributed by atoms with van der Waals surface area (Å²) >= 11 is 0. The van der Waals surface area contributed by atoms with Crippen molar-refractivity contribution in [1.29, 1.82) is 0 Å². The summed E-state index contributed by atoms with van der Waals surface area (Å²) in [5.74, 6) is -0.129. The van der Waals surface area contributed by atoms with Crippen LogP contribution in [0.1, 0.15) is 40.9 Å². The summed E-state index contributed by atoms with van der Waals surface area (Å²) in [7, 11) is -3.70. The molecule has 1 aliphatic heterocycles. The van der Waals surface area contributed by atoms with Gasteiger partial charge in [-0.05, 0) is 56.5 Å². The lowest BCUT2D eigenvalue weighted by Crippen LogP contribution is -2.36. The maximum absolute atomic E-state index is 13.2. The number of anilines is 1. The van der Waals surface area contributed by atoms with Crippen molar-refractivity contribution in [1.82, 2.24) is 14.1 Å². The van der Waals surface area contributed by atoms with Crippen LogP contribution in [0, 0.1) is 24.0 Å². The van der Waals surface area contributed by atoms with Crippen molar-refractivity contribution in [2.75, 3.05) is 18.4 Å². The van der Waals surface area contributed by atoms with E-state index in [-0.39, 0.29) is 16.1 Å². The van der Waals surface area contributed by atoms with Gasteiger partial charge >= 0.3 is 0 Å². The molecule has 0 bridgehead atoms. The van der Waals surface area contributed by atoms with Crippen LogP contribution >= 0.6 is 0 Å². The summed E-state index contributed by atoms with van der Waals surface area (Å²) in [6.07, 6.45) is 2.66. The number of carbonyl (C=O) groups is 1. The van der Waals surface area contributed by atoms with E-state index < -0.39 is 20.9 Å². The fraction of sp³-hybridized carbons (Fsp3) is 0.304. The zero-order valence-corrected chi connectivity index (χ0v) is 19.7. The lowest BCUT2D eigenvalue weighted by atomic mass is 10.1. The molecule has 11 heteroatoms. The predicted molar refractivity (Wildman–Crippen MR) is 127 cm³/mol. The van der Waals surface area contributed by atoms with Crippen LogP contribution in [0.3, 0.4) is 0 Å². The first-order chi connectivity index (χ1) is 16.2. The fourth-order valence-corrected chi connectivity index (χ4v) is 5.72. The van der Waals surface area contributed by atoms with Crippen LogP contribution in [0.2, 0.25) is 0 Å². The third-order valence-electron chi connectivity index (χ3n) is 5.76. The average Bonchev–Trinajstić information content (AvgIpc) is 3.19. The number of sulfonamides is 1. The van der Waals surface area contributed by atoms with E-state index in [2.05, 4.69) is 10.4 Å². The molecule has 2 aromatic carbocycles. The molecule has 1 aromatic heterocycles. The molecule has 1 fully saturated rings. The molecule has 1 N–H and O–H groups in total. The normalized spacial score (nSPS) is 14.6. The molecule has 1 amide bonds. The van der Waals surface area contributed by atoms with Gasteiger partial charge in [-0.1, -0.05) is 12.5 Å². The van der Waals surface area contributed by atoms with Gasteiger partial charge in [0.1, 0.15) is 5.82 Å².